The Labute approximate surface area is 156 Å². The average Bonchev–Trinajstić information content (AvgIpc) is 2.61. The summed E-state index contributed by atoms with van der Waals surface area (Å²) in [4.78, 5) is 2.02. The zero-order valence-corrected chi connectivity index (χ0v) is 17.1. The van der Waals surface area contributed by atoms with Crippen molar-refractivity contribution >= 4 is 19.0 Å². The standard InChI is InChI=1S/C20H29N2O3P/c1-6-24-26(23,25-7-2)20(21-18-12-8-16(3)9-13-18)17-10-14-19(15-11-17)22(4)5/h8-15,20-21H,6-7H2,1-5H3. The number of nitrogens with one attached hydrogen (secondary N) is 1. The van der Waals surface area contributed by atoms with E-state index in [2.05, 4.69) is 5.32 Å². The van der Waals surface area contributed by atoms with Crippen LogP contribution in [0.4, 0.5) is 11.4 Å². The minimum atomic E-state index is -3.39. The van der Waals surface area contributed by atoms with Crippen molar-refractivity contribution in [3.05, 3.63) is 59.7 Å². The van der Waals surface area contributed by atoms with E-state index in [0.717, 1.165) is 16.9 Å². The van der Waals surface area contributed by atoms with Gasteiger partial charge >= 0.3 is 7.60 Å². The lowest BCUT2D eigenvalue weighted by Gasteiger charge is -2.28. The summed E-state index contributed by atoms with van der Waals surface area (Å²) in [5.41, 5.74) is 3.98. The summed E-state index contributed by atoms with van der Waals surface area (Å²) in [5.74, 6) is -0.582. The molecule has 0 saturated heterocycles. The Kier molecular flexibility index (Phi) is 7.27. The largest absolute Gasteiger partial charge is 0.378 e. The van der Waals surface area contributed by atoms with Crippen LogP contribution in [-0.4, -0.2) is 27.3 Å². The second-order valence-electron chi connectivity index (χ2n) is 6.27. The van der Waals surface area contributed by atoms with Gasteiger partial charge in [0, 0.05) is 25.5 Å². The molecular weight excluding hydrogens is 347 g/mol. The normalized spacial score (nSPS) is 12.7. The van der Waals surface area contributed by atoms with Crippen molar-refractivity contribution in [2.75, 3.05) is 37.5 Å². The van der Waals surface area contributed by atoms with E-state index < -0.39 is 13.4 Å². The molecule has 0 aliphatic heterocycles. The first kappa shape index (κ1) is 20.5. The Morgan fingerprint density at radius 2 is 1.50 bits per heavy atom. The molecule has 0 aliphatic carbocycles. The molecule has 1 N–H and O–H groups in total. The fraction of sp³-hybridized carbons (Fsp3) is 0.400. The average molecular weight is 376 g/mol. The molecule has 0 amide bonds. The van der Waals surface area contributed by atoms with Crippen LogP contribution in [0.5, 0.6) is 0 Å². The molecule has 2 aromatic rings. The van der Waals surface area contributed by atoms with E-state index in [4.69, 9.17) is 9.05 Å². The summed E-state index contributed by atoms with van der Waals surface area (Å²) in [6.45, 7) is 6.32. The van der Waals surface area contributed by atoms with Gasteiger partial charge in [-0.05, 0) is 50.6 Å². The van der Waals surface area contributed by atoms with E-state index in [0.29, 0.717) is 13.2 Å². The Morgan fingerprint density at radius 1 is 0.962 bits per heavy atom. The zero-order valence-electron chi connectivity index (χ0n) is 16.2. The number of benzene rings is 2. The fourth-order valence-corrected chi connectivity index (χ4v) is 4.59. The quantitative estimate of drug-likeness (QED) is 0.591. The van der Waals surface area contributed by atoms with Crippen LogP contribution in [0.1, 0.15) is 30.8 Å². The Bertz CT molecular complexity index is 720. The maximum Gasteiger partial charge on any atom is 0.357 e. The molecule has 1 unspecified atom stereocenters. The van der Waals surface area contributed by atoms with Crippen molar-refractivity contribution in [1.82, 2.24) is 0 Å². The molecule has 0 bridgehead atoms. The van der Waals surface area contributed by atoms with Gasteiger partial charge in [-0.2, -0.15) is 0 Å². The maximum absolute atomic E-state index is 13.5. The van der Waals surface area contributed by atoms with E-state index in [1.54, 1.807) is 0 Å². The van der Waals surface area contributed by atoms with E-state index in [-0.39, 0.29) is 0 Å². The summed E-state index contributed by atoms with van der Waals surface area (Å²) < 4.78 is 24.7. The van der Waals surface area contributed by atoms with Crippen LogP contribution < -0.4 is 10.2 Å². The van der Waals surface area contributed by atoms with Gasteiger partial charge in [0.25, 0.3) is 0 Å². The summed E-state index contributed by atoms with van der Waals surface area (Å²) in [6.07, 6.45) is 0. The summed E-state index contributed by atoms with van der Waals surface area (Å²) >= 11 is 0. The van der Waals surface area contributed by atoms with Gasteiger partial charge in [0.15, 0.2) is 5.78 Å². The second-order valence-corrected chi connectivity index (χ2v) is 8.39. The Balaban J connectivity index is 2.42. The van der Waals surface area contributed by atoms with Crippen molar-refractivity contribution in [2.24, 2.45) is 0 Å². The van der Waals surface area contributed by atoms with Crippen LogP contribution >= 0.6 is 7.60 Å². The first-order chi connectivity index (χ1) is 12.4. The van der Waals surface area contributed by atoms with Crippen LogP contribution in [0.2, 0.25) is 0 Å². The molecule has 0 fully saturated rings. The molecular formula is C20H29N2O3P. The Morgan fingerprint density at radius 3 is 1.96 bits per heavy atom. The minimum Gasteiger partial charge on any atom is -0.378 e. The molecule has 2 rings (SSSR count). The monoisotopic (exact) mass is 376 g/mol. The summed E-state index contributed by atoms with van der Waals surface area (Å²) in [6, 6.07) is 15.9. The predicted octanol–water partition coefficient (Wildman–Crippen LogP) is 5.44. The maximum atomic E-state index is 13.5. The van der Waals surface area contributed by atoms with Crippen LogP contribution in [0.15, 0.2) is 48.5 Å². The highest BCUT2D eigenvalue weighted by Gasteiger charge is 2.37. The highest BCUT2D eigenvalue weighted by Crippen LogP contribution is 2.60. The smallest absolute Gasteiger partial charge is 0.357 e. The van der Waals surface area contributed by atoms with E-state index >= 15 is 0 Å². The molecule has 2 aromatic carbocycles. The van der Waals surface area contributed by atoms with Crippen molar-refractivity contribution in [1.29, 1.82) is 0 Å². The highest BCUT2D eigenvalue weighted by atomic mass is 31.2. The molecule has 0 spiro atoms. The van der Waals surface area contributed by atoms with Crippen molar-refractivity contribution < 1.29 is 13.6 Å². The molecule has 142 valence electrons. The zero-order chi connectivity index (χ0) is 19.2. The molecule has 0 heterocycles. The molecule has 0 saturated carbocycles. The van der Waals surface area contributed by atoms with Crippen LogP contribution in [0.25, 0.3) is 0 Å². The molecule has 0 radical (unpaired) electrons. The number of hydrogen-bond donors (Lipinski definition) is 1. The highest BCUT2D eigenvalue weighted by molar-refractivity contribution is 7.54. The molecule has 1 atom stereocenters. The number of anilines is 2. The van der Waals surface area contributed by atoms with Gasteiger partial charge in [-0.25, -0.2) is 0 Å². The van der Waals surface area contributed by atoms with Crippen molar-refractivity contribution in [3.63, 3.8) is 0 Å². The second kappa shape index (κ2) is 9.22. The first-order valence-electron chi connectivity index (χ1n) is 8.89. The molecule has 0 aliphatic rings. The number of aryl methyl sites for hydroxylation is 1. The SMILES string of the molecule is CCOP(=O)(OCC)C(Nc1ccc(C)cc1)c1ccc(N(C)C)cc1. The first-order valence-corrected chi connectivity index (χ1v) is 10.5. The lowest BCUT2D eigenvalue weighted by molar-refractivity contribution is 0.214. The van der Waals surface area contributed by atoms with E-state index in [1.165, 1.54) is 5.56 Å². The molecule has 26 heavy (non-hydrogen) atoms. The van der Waals surface area contributed by atoms with Gasteiger partial charge in [-0.1, -0.05) is 29.8 Å². The third-order valence-electron chi connectivity index (χ3n) is 4.01. The van der Waals surface area contributed by atoms with Crippen LogP contribution in [0.3, 0.4) is 0 Å². The third-order valence-corrected chi connectivity index (χ3v) is 6.31. The van der Waals surface area contributed by atoms with Gasteiger partial charge in [-0.3, -0.25) is 4.57 Å². The summed E-state index contributed by atoms with van der Waals surface area (Å²) in [7, 11) is 0.585. The third kappa shape index (κ3) is 5.10. The van der Waals surface area contributed by atoms with Gasteiger partial charge < -0.3 is 19.3 Å². The van der Waals surface area contributed by atoms with E-state index in [9.17, 15) is 4.57 Å². The fourth-order valence-electron chi connectivity index (χ4n) is 2.65. The lowest BCUT2D eigenvalue weighted by atomic mass is 10.2. The van der Waals surface area contributed by atoms with E-state index in [1.807, 2.05) is 88.3 Å². The van der Waals surface area contributed by atoms with Crippen LogP contribution in [0, 0.1) is 6.92 Å². The summed E-state index contributed by atoms with van der Waals surface area (Å²) in [5, 5.41) is 3.35. The van der Waals surface area contributed by atoms with Gasteiger partial charge in [0.2, 0.25) is 0 Å². The Hall–Kier alpha value is -1.81. The topological polar surface area (TPSA) is 50.8 Å². The molecule has 0 aromatic heterocycles. The van der Waals surface area contributed by atoms with Gasteiger partial charge in [0.05, 0.1) is 13.2 Å². The number of nitrogens with zero attached hydrogens (tertiary/aromatic N) is 1. The van der Waals surface area contributed by atoms with Gasteiger partial charge in [-0.15, -0.1) is 0 Å². The lowest BCUT2D eigenvalue weighted by Crippen LogP contribution is -2.16. The number of rotatable bonds is 9. The van der Waals surface area contributed by atoms with Crippen molar-refractivity contribution in [3.8, 4) is 0 Å². The minimum absolute atomic E-state index is 0.319. The van der Waals surface area contributed by atoms with Gasteiger partial charge in [0.1, 0.15) is 0 Å². The van der Waals surface area contributed by atoms with Crippen molar-refractivity contribution in [2.45, 2.75) is 26.6 Å². The predicted molar refractivity (Wildman–Crippen MR) is 109 cm³/mol. The molecule has 6 heteroatoms. The van der Waals surface area contributed by atoms with Crippen LogP contribution in [-0.2, 0) is 13.6 Å². The molecule has 5 nitrogen and oxygen atoms in total. The number of hydrogen-bond acceptors (Lipinski definition) is 5.